The zero-order chi connectivity index (χ0) is 11.7. The van der Waals surface area contributed by atoms with Crippen LogP contribution in [-0.4, -0.2) is 16.8 Å². The van der Waals surface area contributed by atoms with Crippen LogP contribution in [0.3, 0.4) is 0 Å². The Balaban J connectivity index is 3.71. The van der Waals surface area contributed by atoms with E-state index in [0.717, 1.165) is 0 Å². The van der Waals surface area contributed by atoms with Gasteiger partial charge in [0.25, 0.3) is 5.91 Å². The van der Waals surface area contributed by atoms with Crippen LogP contribution in [0.15, 0.2) is 12.0 Å². The van der Waals surface area contributed by atoms with Gasteiger partial charge in [0.1, 0.15) is 5.78 Å². The Bertz CT molecular complexity index is 301. The number of aliphatic hydroxyl groups excluding tert-OH is 1. The van der Waals surface area contributed by atoms with Crippen molar-refractivity contribution >= 4 is 11.7 Å². The molecule has 0 aromatic carbocycles. The van der Waals surface area contributed by atoms with Gasteiger partial charge in [-0.25, -0.2) is 0 Å². The van der Waals surface area contributed by atoms with Crippen LogP contribution in [0.1, 0.15) is 26.2 Å². The summed E-state index contributed by atoms with van der Waals surface area (Å²) in [6.07, 6.45) is 6.53. The fourth-order valence-corrected chi connectivity index (χ4v) is 0.638. The molecule has 0 bridgehead atoms. The second kappa shape index (κ2) is 7.44. The van der Waals surface area contributed by atoms with Gasteiger partial charge in [0.15, 0.2) is 0 Å². The minimum atomic E-state index is -0.481. The molecular weight excluding hydrogens is 198 g/mol. The van der Waals surface area contributed by atoms with Gasteiger partial charge in [-0.15, -0.1) is 12.3 Å². The normalized spacial score (nSPS) is 10.3. The van der Waals surface area contributed by atoms with E-state index >= 15 is 0 Å². The Morgan fingerprint density at radius 1 is 1.53 bits per heavy atom. The number of terminal acetylenes is 1. The van der Waals surface area contributed by atoms with Crippen LogP contribution in [0.2, 0.25) is 0 Å². The molecule has 5 nitrogen and oxygen atoms in total. The van der Waals surface area contributed by atoms with Gasteiger partial charge in [-0.1, -0.05) is 0 Å². The summed E-state index contributed by atoms with van der Waals surface area (Å²) < 4.78 is 0. The van der Waals surface area contributed by atoms with Gasteiger partial charge in [-0.2, -0.15) is 5.48 Å². The monoisotopic (exact) mass is 211 g/mol. The maximum Gasteiger partial charge on any atom is 0.301 e. The Morgan fingerprint density at radius 2 is 2.20 bits per heavy atom. The molecule has 0 unspecified atom stereocenters. The number of amides is 1. The van der Waals surface area contributed by atoms with E-state index < -0.39 is 11.9 Å². The van der Waals surface area contributed by atoms with Crippen molar-refractivity contribution in [2.24, 2.45) is 0 Å². The molecule has 0 fully saturated rings. The zero-order valence-electron chi connectivity index (χ0n) is 8.45. The first kappa shape index (κ1) is 13.0. The fraction of sp³-hybridized carbons (Fsp3) is 0.400. The second-order valence-corrected chi connectivity index (χ2v) is 2.78. The third-order valence-electron chi connectivity index (χ3n) is 1.37. The number of carbonyl (C=O) groups excluding carboxylic acids is 2. The van der Waals surface area contributed by atoms with E-state index in [9.17, 15) is 9.59 Å². The lowest BCUT2D eigenvalue weighted by Crippen LogP contribution is -2.23. The van der Waals surface area contributed by atoms with Crippen molar-refractivity contribution in [2.45, 2.75) is 26.2 Å². The number of carbonyl (C=O) groups is 2. The van der Waals surface area contributed by atoms with Gasteiger partial charge >= 0.3 is 5.95 Å². The molecule has 0 radical (unpaired) electrons. The molecule has 0 rings (SSSR count). The zero-order valence-corrected chi connectivity index (χ0v) is 8.45. The van der Waals surface area contributed by atoms with Crippen molar-refractivity contribution in [3.63, 3.8) is 0 Å². The summed E-state index contributed by atoms with van der Waals surface area (Å²) in [7, 11) is 0. The molecule has 5 heteroatoms. The van der Waals surface area contributed by atoms with Gasteiger partial charge in [0.05, 0.1) is 0 Å². The SMILES string of the molecule is C#CC/C=C(\O)ONC(=O)CCC(C)=O. The number of ketones is 1. The van der Waals surface area contributed by atoms with Crippen LogP contribution in [0.4, 0.5) is 0 Å². The summed E-state index contributed by atoms with van der Waals surface area (Å²) >= 11 is 0. The van der Waals surface area contributed by atoms with E-state index in [1.165, 1.54) is 13.0 Å². The second-order valence-electron chi connectivity index (χ2n) is 2.78. The summed E-state index contributed by atoms with van der Waals surface area (Å²) in [5.41, 5.74) is 1.97. The van der Waals surface area contributed by atoms with E-state index in [1.807, 2.05) is 5.48 Å². The smallest absolute Gasteiger partial charge is 0.301 e. The average Bonchev–Trinajstić information content (AvgIpc) is 2.20. The number of rotatable bonds is 6. The van der Waals surface area contributed by atoms with Crippen LogP contribution < -0.4 is 5.48 Å². The van der Waals surface area contributed by atoms with Crippen LogP contribution in [0.5, 0.6) is 0 Å². The third kappa shape index (κ3) is 8.37. The molecule has 0 aliphatic heterocycles. The fourth-order valence-electron chi connectivity index (χ4n) is 0.638. The van der Waals surface area contributed by atoms with Crippen LogP contribution >= 0.6 is 0 Å². The molecule has 0 heterocycles. The highest BCUT2D eigenvalue weighted by atomic mass is 16.7. The van der Waals surface area contributed by atoms with Gasteiger partial charge in [-0.3, -0.25) is 4.79 Å². The van der Waals surface area contributed by atoms with E-state index in [-0.39, 0.29) is 25.0 Å². The maximum absolute atomic E-state index is 11.0. The molecule has 0 aliphatic rings. The lowest BCUT2D eigenvalue weighted by molar-refractivity contribution is -0.135. The molecule has 15 heavy (non-hydrogen) atoms. The average molecular weight is 211 g/mol. The summed E-state index contributed by atoms with van der Waals surface area (Å²) in [5.74, 6) is 1.22. The van der Waals surface area contributed by atoms with E-state index in [1.54, 1.807) is 0 Å². The number of aliphatic hydroxyl groups is 1. The standard InChI is InChI=1S/C10H13NO4/c1-3-4-5-10(14)15-11-9(13)7-6-8(2)12/h1,5,14H,4,6-7H2,2H3,(H,11,13)/b10-5+. The summed E-state index contributed by atoms with van der Waals surface area (Å²) in [4.78, 5) is 25.9. The minimum absolute atomic E-state index is 0.0255. The van der Waals surface area contributed by atoms with Crippen molar-refractivity contribution in [2.75, 3.05) is 0 Å². The molecule has 0 aromatic rings. The van der Waals surface area contributed by atoms with Gasteiger partial charge in [0.2, 0.25) is 0 Å². The number of hydroxylamine groups is 1. The molecular formula is C10H13NO4. The topological polar surface area (TPSA) is 75.6 Å². The van der Waals surface area contributed by atoms with Gasteiger partial charge in [-0.05, 0) is 6.92 Å². The number of Topliss-reactive ketones (excluding diaryl/α,β-unsaturated/α-hetero) is 1. The predicted octanol–water partition coefficient (Wildman–Crippen LogP) is 0.826. The minimum Gasteiger partial charge on any atom is -0.480 e. The first-order chi connectivity index (χ1) is 7.06. The highest BCUT2D eigenvalue weighted by Crippen LogP contribution is 1.94. The largest absolute Gasteiger partial charge is 0.480 e. The van der Waals surface area contributed by atoms with E-state index in [0.29, 0.717) is 0 Å². The van der Waals surface area contributed by atoms with Crippen molar-refractivity contribution in [1.82, 2.24) is 5.48 Å². The van der Waals surface area contributed by atoms with E-state index in [4.69, 9.17) is 11.5 Å². The molecule has 0 aliphatic carbocycles. The van der Waals surface area contributed by atoms with Crippen molar-refractivity contribution in [3.05, 3.63) is 12.0 Å². The first-order valence-corrected chi connectivity index (χ1v) is 4.34. The summed E-state index contributed by atoms with van der Waals surface area (Å²) in [6.45, 7) is 1.39. The van der Waals surface area contributed by atoms with Crippen molar-refractivity contribution in [3.8, 4) is 12.3 Å². The lowest BCUT2D eigenvalue weighted by Gasteiger charge is -2.04. The molecule has 0 atom stereocenters. The van der Waals surface area contributed by atoms with Crippen LogP contribution in [-0.2, 0) is 14.4 Å². The first-order valence-electron chi connectivity index (χ1n) is 4.34. The van der Waals surface area contributed by atoms with Crippen molar-refractivity contribution < 1.29 is 19.5 Å². The molecule has 1 amide bonds. The molecule has 82 valence electrons. The molecule has 2 N–H and O–H groups in total. The molecule has 0 saturated heterocycles. The van der Waals surface area contributed by atoms with Crippen LogP contribution in [0, 0.1) is 12.3 Å². The Labute approximate surface area is 88.1 Å². The lowest BCUT2D eigenvalue weighted by atomic mass is 10.2. The number of allylic oxidation sites excluding steroid dienone is 1. The summed E-state index contributed by atoms with van der Waals surface area (Å²) in [5, 5.41) is 8.97. The third-order valence-corrected chi connectivity index (χ3v) is 1.37. The molecule has 0 spiro atoms. The highest BCUT2D eigenvalue weighted by molar-refractivity contribution is 5.82. The summed E-state index contributed by atoms with van der Waals surface area (Å²) in [6, 6.07) is 0. The molecule has 0 aromatic heterocycles. The van der Waals surface area contributed by atoms with Gasteiger partial charge < -0.3 is 14.7 Å². The number of nitrogens with one attached hydrogen (secondary N) is 1. The highest BCUT2D eigenvalue weighted by Gasteiger charge is 2.04. The van der Waals surface area contributed by atoms with Crippen molar-refractivity contribution in [1.29, 1.82) is 0 Å². The molecule has 0 saturated carbocycles. The maximum atomic E-state index is 11.0. The van der Waals surface area contributed by atoms with E-state index in [2.05, 4.69) is 10.8 Å². The van der Waals surface area contributed by atoms with Gasteiger partial charge in [0, 0.05) is 25.3 Å². The quantitative estimate of drug-likeness (QED) is 0.387. The number of hydrogen-bond donors (Lipinski definition) is 2. The Kier molecular flexibility index (Phi) is 6.47. The predicted molar refractivity (Wildman–Crippen MR) is 53.3 cm³/mol. The van der Waals surface area contributed by atoms with Crippen LogP contribution in [0.25, 0.3) is 0 Å². The Hall–Kier alpha value is -1.96. The number of hydrogen-bond acceptors (Lipinski definition) is 4. The Morgan fingerprint density at radius 3 is 2.73 bits per heavy atom.